The van der Waals surface area contributed by atoms with Crippen LogP contribution >= 0.6 is 0 Å². The number of methoxy groups -OCH3 is 1. The highest BCUT2D eigenvalue weighted by atomic mass is 16.5. The van der Waals surface area contributed by atoms with Crippen LogP contribution in [0.3, 0.4) is 0 Å². The molecule has 94 valence electrons. The van der Waals surface area contributed by atoms with E-state index in [1.807, 2.05) is 0 Å². The van der Waals surface area contributed by atoms with Gasteiger partial charge in [0.1, 0.15) is 0 Å². The Morgan fingerprint density at radius 2 is 1.28 bits per heavy atom. The van der Waals surface area contributed by atoms with Gasteiger partial charge in [0, 0.05) is 13.0 Å². The average Bonchev–Trinajstić information content (AvgIpc) is 2.46. The van der Waals surface area contributed by atoms with Crippen LogP contribution in [0.2, 0.25) is 0 Å². The number of ether oxygens (including phenoxy) is 1. The van der Waals surface area contributed by atoms with Gasteiger partial charge in [0.2, 0.25) is 0 Å². The van der Waals surface area contributed by atoms with E-state index in [4.69, 9.17) is 4.74 Å². The molecule has 0 aliphatic rings. The van der Waals surface area contributed by atoms with Crippen LogP contribution in [0.1, 0.15) is 30.4 Å². The van der Waals surface area contributed by atoms with Gasteiger partial charge in [0.25, 0.3) is 0 Å². The third-order valence-corrected chi connectivity index (χ3v) is 3.37. The molecule has 0 saturated heterocycles. The summed E-state index contributed by atoms with van der Waals surface area (Å²) < 4.78 is 5.42. The second-order valence-corrected chi connectivity index (χ2v) is 4.66. The highest BCUT2D eigenvalue weighted by molar-refractivity contribution is 5.32. The fraction of sp³-hybridized carbons (Fsp3) is 0.294. The lowest BCUT2D eigenvalue weighted by atomic mass is 9.87. The van der Waals surface area contributed by atoms with Crippen LogP contribution in [0.5, 0.6) is 0 Å². The van der Waals surface area contributed by atoms with Gasteiger partial charge in [-0.15, -0.1) is 0 Å². The molecule has 0 saturated carbocycles. The molecule has 0 heterocycles. The van der Waals surface area contributed by atoms with Crippen molar-refractivity contribution in [3.05, 3.63) is 71.8 Å². The van der Waals surface area contributed by atoms with E-state index in [-0.39, 0.29) is 6.10 Å². The molecule has 18 heavy (non-hydrogen) atoms. The van der Waals surface area contributed by atoms with E-state index in [9.17, 15) is 0 Å². The Balaban J connectivity index is 2.29. The summed E-state index contributed by atoms with van der Waals surface area (Å²) in [7, 11) is 1.78. The van der Waals surface area contributed by atoms with Crippen molar-refractivity contribution in [1.29, 1.82) is 0 Å². The Bertz CT molecular complexity index is 410. The Hall–Kier alpha value is -1.60. The maximum atomic E-state index is 5.42. The van der Waals surface area contributed by atoms with Crippen molar-refractivity contribution in [2.24, 2.45) is 0 Å². The first-order valence-electron chi connectivity index (χ1n) is 6.44. The zero-order valence-electron chi connectivity index (χ0n) is 11.0. The normalized spacial score (nSPS) is 12.6. The summed E-state index contributed by atoms with van der Waals surface area (Å²) in [5.41, 5.74) is 2.71. The topological polar surface area (TPSA) is 9.23 Å². The minimum atomic E-state index is 0.260. The van der Waals surface area contributed by atoms with Gasteiger partial charge in [-0.3, -0.25) is 0 Å². The Morgan fingerprint density at radius 3 is 1.67 bits per heavy atom. The minimum absolute atomic E-state index is 0.260. The van der Waals surface area contributed by atoms with Crippen LogP contribution in [0, 0.1) is 0 Å². The third-order valence-electron chi connectivity index (χ3n) is 3.37. The lowest BCUT2D eigenvalue weighted by Crippen LogP contribution is -2.12. The molecule has 2 rings (SSSR count). The van der Waals surface area contributed by atoms with E-state index >= 15 is 0 Å². The Kier molecular flexibility index (Phi) is 4.54. The molecule has 0 N–H and O–H groups in total. The summed E-state index contributed by atoms with van der Waals surface area (Å²) in [6.07, 6.45) is 1.26. The molecule has 0 aliphatic carbocycles. The summed E-state index contributed by atoms with van der Waals surface area (Å²) in [5, 5.41) is 0. The van der Waals surface area contributed by atoms with E-state index < -0.39 is 0 Å². The predicted octanol–water partition coefficient (Wildman–Crippen LogP) is 4.24. The average molecular weight is 240 g/mol. The molecule has 2 aromatic carbocycles. The van der Waals surface area contributed by atoms with Crippen molar-refractivity contribution in [3.63, 3.8) is 0 Å². The van der Waals surface area contributed by atoms with Crippen molar-refractivity contribution >= 4 is 0 Å². The number of hydrogen-bond acceptors (Lipinski definition) is 1. The molecule has 0 amide bonds. The van der Waals surface area contributed by atoms with Gasteiger partial charge < -0.3 is 4.74 Å². The standard InChI is InChI=1S/C17H20O/c1-14(18-2)13-17(15-9-5-3-6-10-15)16-11-7-4-8-12-16/h3-12,14,17H,13H2,1-2H3. The van der Waals surface area contributed by atoms with Crippen LogP contribution in [-0.2, 0) is 4.74 Å². The second kappa shape index (κ2) is 6.36. The van der Waals surface area contributed by atoms with Crippen molar-refractivity contribution in [2.45, 2.75) is 25.4 Å². The largest absolute Gasteiger partial charge is 0.382 e. The van der Waals surface area contributed by atoms with Crippen molar-refractivity contribution in [3.8, 4) is 0 Å². The molecule has 1 heteroatoms. The van der Waals surface area contributed by atoms with Gasteiger partial charge in [-0.2, -0.15) is 0 Å². The predicted molar refractivity (Wildman–Crippen MR) is 75.8 cm³/mol. The zero-order chi connectivity index (χ0) is 12.8. The van der Waals surface area contributed by atoms with Crippen LogP contribution < -0.4 is 0 Å². The van der Waals surface area contributed by atoms with Crippen LogP contribution in [0.4, 0.5) is 0 Å². The number of rotatable bonds is 5. The van der Waals surface area contributed by atoms with Crippen LogP contribution in [0.25, 0.3) is 0 Å². The van der Waals surface area contributed by atoms with E-state index in [0.717, 1.165) is 6.42 Å². The monoisotopic (exact) mass is 240 g/mol. The molecule has 0 aliphatic heterocycles. The van der Waals surface area contributed by atoms with Crippen molar-refractivity contribution in [2.75, 3.05) is 7.11 Å². The molecule has 1 unspecified atom stereocenters. The van der Waals surface area contributed by atoms with Gasteiger partial charge in [-0.05, 0) is 24.5 Å². The Labute approximate surface area is 109 Å². The highest BCUT2D eigenvalue weighted by Crippen LogP contribution is 2.29. The molecule has 1 atom stereocenters. The fourth-order valence-electron chi connectivity index (χ4n) is 2.26. The summed E-state index contributed by atoms with van der Waals surface area (Å²) >= 11 is 0. The molecular weight excluding hydrogens is 220 g/mol. The summed E-state index contributed by atoms with van der Waals surface area (Å²) in [5.74, 6) is 0.405. The highest BCUT2D eigenvalue weighted by Gasteiger charge is 2.16. The molecule has 0 radical (unpaired) electrons. The van der Waals surface area contributed by atoms with Crippen molar-refractivity contribution in [1.82, 2.24) is 0 Å². The van der Waals surface area contributed by atoms with Gasteiger partial charge in [0.05, 0.1) is 6.10 Å². The third kappa shape index (κ3) is 3.21. The second-order valence-electron chi connectivity index (χ2n) is 4.66. The van der Waals surface area contributed by atoms with E-state index in [0.29, 0.717) is 5.92 Å². The molecule has 0 bridgehead atoms. The maximum Gasteiger partial charge on any atom is 0.0552 e. The Morgan fingerprint density at radius 1 is 0.833 bits per heavy atom. The zero-order valence-corrected chi connectivity index (χ0v) is 11.0. The van der Waals surface area contributed by atoms with Gasteiger partial charge in [-0.1, -0.05) is 60.7 Å². The van der Waals surface area contributed by atoms with Gasteiger partial charge in [0.15, 0.2) is 0 Å². The van der Waals surface area contributed by atoms with Gasteiger partial charge in [-0.25, -0.2) is 0 Å². The summed E-state index contributed by atoms with van der Waals surface area (Å²) in [4.78, 5) is 0. The van der Waals surface area contributed by atoms with Crippen molar-refractivity contribution < 1.29 is 4.74 Å². The minimum Gasteiger partial charge on any atom is -0.382 e. The molecule has 0 aromatic heterocycles. The first kappa shape index (κ1) is 12.8. The SMILES string of the molecule is COC(C)CC(c1ccccc1)c1ccccc1. The van der Waals surface area contributed by atoms with E-state index in [2.05, 4.69) is 67.6 Å². The van der Waals surface area contributed by atoms with E-state index in [1.165, 1.54) is 11.1 Å². The van der Waals surface area contributed by atoms with Crippen LogP contribution in [0.15, 0.2) is 60.7 Å². The molecule has 2 aromatic rings. The first-order chi connectivity index (χ1) is 8.81. The molecule has 1 nitrogen and oxygen atoms in total. The smallest absolute Gasteiger partial charge is 0.0552 e. The molecular formula is C17H20O. The quantitative estimate of drug-likeness (QED) is 0.759. The number of hydrogen-bond donors (Lipinski definition) is 0. The maximum absolute atomic E-state index is 5.42. The first-order valence-corrected chi connectivity index (χ1v) is 6.44. The lowest BCUT2D eigenvalue weighted by Gasteiger charge is -2.21. The van der Waals surface area contributed by atoms with E-state index in [1.54, 1.807) is 7.11 Å². The number of benzene rings is 2. The van der Waals surface area contributed by atoms with Crippen LogP contribution in [-0.4, -0.2) is 13.2 Å². The fourth-order valence-corrected chi connectivity index (χ4v) is 2.26. The summed E-state index contributed by atoms with van der Waals surface area (Å²) in [6, 6.07) is 21.3. The summed E-state index contributed by atoms with van der Waals surface area (Å²) in [6.45, 7) is 2.12. The molecule has 0 spiro atoms. The molecule has 0 fully saturated rings. The lowest BCUT2D eigenvalue weighted by molar-refractivity contribution is 0.107. The van der Waals surface area contributed by atoms with Gasteiger partial charge >= 0.3 is 0 Å².